The molecule has 1 aromatic heterocycles. The van der Waals surface area contributed by atoms with Gasteiger partial charge in [0, 0.05) is 11.9 Å². The van der Waals surface area contributed by atoms with Crippen molar-refractivity contribution in [3.8, 4) is 0 Å². The maximum absolute atomic E-state index is 4.36. The Kier molecular flexibility index (Phi) is 5.33. The molecule has 84 valence electrons. The van der Waals surface area contributed by atoms with Crippen LogP contribution in [0, 0.1) is 11.8 Å². The van der Waals surface area contributed by atoms with Crippen molar-refractivity contribution in [3.63, 3.8) is 0 Å². The maximum Gasteiger partial charge on any atom is 0.0406 e. The quantitative estimate of drug-likeness (QED) is 0.773. The van der Waals surface area contributed by atoms with E-state index in [0.29, 0.717) is 11.8 Å². The second-order valence-electron chi connectivity index (χ2n) is 4.29. The molecule has 0 spiro atoms. The number of hydrogen-bond acceptors (Lipinski definition) is 2. The largest absolute Gasteiger partial charge is 0.317 e. The molecule has 1 heterocycles. The van der Waals surface area contributed by atoms with Crippen molar-refractivity contribution in [2.24, 2.45) is 11.8 Å². The molecule has 0 saturated carbocycles. The van der Waals surface area contributed by atoms with Gasteiger partial charge in [0.25, 0.3) is 0 Å². The number of aromatic nitrogens is 1. The molecular weight excluding hydrogens is 184 g/mol. The van der Waals surface area contributed by atoms with Gasteiger partial charge in [-0.1, -0.05) is 26.8 Å². The zero-order valence-electron chi connectivity index (χ0n) is 10.0. The number of nitrogens with one attached hydrogen (secondary N) is 1. The third kappa shape index (κ3) is 4.43. The van der Waals surface area contributed by atoms with E-state index in [0.717, 1.165) is 19.5 Å². The van der Waals surface area contributed by atoms with E-state index in [1.165, 1.54) is 5.69 Å². The minimum atomic E-state index is 0.680. The third-order valence-corrected chi connectivity index (χ3v) is 2.94. The van der Waals surface area contributed by atoms with Crippen LogP contribution in [0.3, 0.4) is 0 Å². The second kappa shape index (κ2) is 6.57. The monoisotopic (exact) mass is 206 g/mol. The van der Waals surface area contributed by atoms with Gasteiger partial charge in [-0.05, 0) is 43.5 Å². The summed E-state index contributed by atoms with van der Waals surface area (Å²) < 4.78 is 0. The van der Waals surface area contributed by atoms with E-state index in [1.54, 1.807) is 0 Å². The molecule has 0 fully saturated rings. The van der Waals surface area contributed by atoms with E-state index in [1.807, 2.05) is 12.3 Å². The number of rotatable bonds is 6. The van der Waals surface area contributed by atoms with Crippen molar-refractivity contribution in [3.05, 3.63) is 30.1 Å². The first-order valence-electron chi connectivity index (χ1n) is 5.84. The van der Waals surface area contributed by atoms with Gasteiger partial charge in [0.2, 0.25) is 0 Å². The molecule has 0 amide bonds. The fraction of sp³-hybridized carbons (Fsp3) is 0.615. The van der Waals surface area contributed by atoms with Gasteiger partial charge in [-0.3, -0.25) is 4.98 Å². The van der Waals surface area contributed by atoms with Crippen LogP contribution in [0.4, 0.5) is 0 Å². The summed E-state index contributed by atoms with van der Waals surface area (Å²) in [4.78, 5) is 4.36. The summed E-state index contributed by atoms with van der Waals surface area (Å²) in [6.45, 7) is 8.91. The first-order chi connectivity index (χ1) is 7.24. The molecule has 0 aliphatic heterocycles. The fourth-order valence-electron chi connectivity index (χ4n) is 1.62. The molecule has 0 bridgehead atoms. The Morgan fingerprint density at radius 3 is 2.67 bits per heavy atom. The number of pyridine rings is 1. The molecule has 2 atom stereocenters. The molecule has 0 saturated heterocycles. The highest BCUT2D eigenvalue weighted by Crippen LogP contribution is 2.14. The van der Waals surface area contributed by atoms with Crippen LogP contribution in [0.5, 0.6) is 0 Å². The summed E-state index contributed by atoms with van der Waals surface area (Å²) in [6.07, 6.45) is 2.95. The molecule has 1 N–H and O–H groups in total. The standard InChI is InChI=1S/C13H22N2/c1-4-14-10-12(3)11(2)9-13-7-5-6-8-15-13/h5-8,11-12,14H,4,9-10H2,1-3H3. The Morgan fingerprint density at radius 1 is 1.27 bits per heavy atom. The average Bonchev–Trinajstić information content (AvgIpc) is 2.27. The summed E-state index contributed by atoms with van der Waals surface area (Å²) >= 11 is 0. The lowest BCUT2D eigenvalue weighted by Crippen LogP contribution is -2.26. The summed E-state index contributed by atoms with van der Waals surface area (Å²) in [7, 11) is 0. The van der Waals surface area contributed by atoms with Gasteiger partial charge in [0.05, 0.1) is 0 Å². The molecular formula is C13H22N2. The zero-order chi connectivity index (χ0) is 11.1. The van der Waals surface area contributed by atoms with E-state index in [9.17, 15) is 0 Å². The molecule has 2 heteroatoms. The van der Waals surface area contributed by atoms with Crippen molar-refractivity contribution in [1.82, 2.24) is 10.3 Å². The molecule has 15 heavy (non-hydrogen) atoms. The lowest BCUT2D eigenvalue weighted by Gasteiger charge is -2.19. The minimum absolute atomic E-state index is 0.680. The Bertz CT molecular complexity index is 258. The van der Waals surface area contributed by atoms with Crippen molar-refractivity contribution in [1.29, 1.82) is 0 Å². The Morgan fingerprint density at radius 2 is 2.07 bits per heavy atom. The van der Waals surface area contributed by atoms with Crippen molar-refractivity contribution < 1.29 is 0 Å². The van der Waals surface area contributed by atoms with Crippen LogP contribution in [0.2, 0.25) is 0 Å². The highest BCUT2D eigenvalue weighted by molar-refractivity contribution is 5.04. The average molecular weight is 206 g/mol. The Hall–Kier alpha value is -0.890. The van der Waals surface area contributed by atoms with Crippen LogP contribution in [-0.4, -0.2) is 18.1 Å². The minimum Gasteiger partial charge on any atom is -0.317 e. The molecule has 1 aromatic rings. The summed E-state index contributed by atoms with van der Waals surface area (Å²) in [6, 6.07) is 6.14. The zero-order valence-corrected chi connectivity index (χ0v) is 10.0. The predicted molar refractivity (Wildman–Crippen MR) is 64.8 cm³/mol. The molecule has 0 aliphatic carbocycles. The first-order valence-corrected chi connectivity index (χ1v) is 5.84. The van der Waals surface area contributed by atoms with Crippen LogP contribution < -0.4 is 5.32 Å². The predicted octanol–water partition coefficient (Wildman–Crippen LogP) is 2.51. The van der Waals surface area contributed by atoms with Crippen LogP contribution in [0.25, 0.3) is 0 Å². The highest BCUT2D eigenvalue weighted by atomic mass is 14.8. The maximum atomic E-state index is 4.36. The van der Waals surface area contributed by atoms with Crippen molar-refractivity contribution in [2.75, 3.05) is 13.1 Å². The van der Waals surface area contributed by atoms with E-state index in [2.05, 4.69) is 43.2 Å². The van der Waals surface area contributed by atoms with Crippen LogP contribution in [0.15, 0.2) is 24.4 Å². The van der Waals surface area contributed by atoms with E-state index < -0.39 is 0 Å². The van der Waals surface area contributed by atoms with Crippen LogP contribution in [0.1, 0.15) is 26.5 Å². The third-order valence-electron chi connectivity index (χ3n) is 2.94. The first kappa shape index (κ1) is 12.2. The van der Waals surface area contributed by atoms with Gasteiger partial charge in [-0.25, -0.2) is 0 Å². The van der Waals surface area contributed by atoms with Crippen LogP contribution >= 0.6 is 0 Å². The van der Waals surface area contributed by atoms with Gasteiger partial charge in [-0.15, -0.1) is 0 Å². The lowest BCUT2D eigenvalue weighted by atomic mass is 9.91. The van der Waals surface area contributed by atoms with Crippen molar-refractivity contribution in [2.45, 2.75) is 27.2 Å². The normalized spacial score (nSPS) is 14.9. The molecule has 0 radical (unpaired) electrons. The topological polar surface area (TPSA) is 24.9 Å². The second-order valence-corrected chi connectivity index (χ2v) is 4.29. The summed E-state index contributed by atoms with van der Waals surface area (Å²) in [5.41, 5.74) is 1.20. The number of hydrogen-bond donors (Lipinski definition) is 1. The summed E-state index contributed by atoms with van der Waals surface area (Å²) in [5.74, 6) is 1.38. The number of nitrogens with zero attached hydrogens (tertiary/aromatic N) is 1. The molecule has 2 nitrogen and oxygen atoms in total. The Labute approximate surface area is 93.1 Å². The highest BCUT2D eigenvalue weighted by Gasteiger charge is 2.12. The summed E-state index contributed by atoms with van der Waals surface area (Å²) in [5, 5.41) is 3.39. The van der Waals surface area contributed by atoms with Gasteiger partial charge in [0.1, 0.15) is 0 Å². The molecule has 0 aliphatic rings. The SMILES string of the molecule is CCNCC(C)C(C)Cc1ccccn1. The van der Waals surface area contributed by atoms with Gasteiger partial charge >= 0.3 is 0 Å². The lowest BCUT2D eigenvalue weighted by molar-refractivity contribution is 0.366. The van der Waals surface area contributed by atoms with E-state index in [4.69, 9.17) is 0 Å². The van der Waals surface area contributed by atoms with Crippen LogP contribution in [-0.2, 0) is 6.42 Å². The smallest absolute Gasteiger partial charge is 0.0406 e. The van der Waals surface area contributed by atoms with E-state index >= 15 is 0 Å². The van der Waals surface area contributed by atoms with Gasteiger partial charge < -0.3 is 5.32 Å². The van der Waals surface area contributed by atoms with Crippen molar-refractivity contribution >= 4 is 0 Å². The molecule has 0 aromatic carbocycles. The molecule has 2 unspecified atom stereocenters. The molecule has 1 rings (SSSR count). The van der Waals surface area contributed by atoms with E-state index in [-0.39, 0.29) is 0 Å². The van der Waals surface area contributed by atoms with Gasteiger partial charge in [-0.2, -0.15) is 0 Å². The fourth-order valence-corrected chi connectivity index (χ4v) is 1.62. The Balaban J connectivity index is 2.38. The van der Waals surface area contributed by atoms with Gasteiger partial charge in [0.15, 0.2) is 0 Å².